The van der Waals surface area contributed by atoms with Crippen molar-refractivity contribution in [2.45, 2.75) is 13.5 Å². The Morgan fingerprint density at radius 3 is 2.43 bits per heavy atom. The summed E-state index contributed by atoms with van der Waals surface area (Å²) in [6.45, 7) is 1.48. The van der Waals surface area contributed by atoms with Crippen molar-refractivity contribution in [2.75, 3.05) is 20.8 Å². The van der Waals surface area contributed by atoms with Gasteiger partial charge in [-0.25, -0.2) is 4.79 Å². The number of ether oxygens (including phenoxy) is 3. The summed E-state index contributed by atoms with van der Waals surface area (Å²) in [5, 5.41) is 11.1. The minimum Gasteiger partial charge on any atom is -0.493 e. The molecule has 9 heteroatoms. The molecule has 1 amide bonds. The van der Waals surface area contributed by atoms with Gasteiger partial charge in [0.05, 0.1) is 25.6 Å². The van der Waals surface area contributed by atoms with Gasteiger partial charge in [-0.05, 0) is 36.8 Å². The number of nitrogens with zero attached hydrogens (tertiary/aromatic N) is 3. The molecule has 1 aromatic heterocycles. The molecule has 0 aliphatic heterocycles. The Morgan fingerprint density at radius 2 is 1.73 bits per heavy atom. The van der Waals surface area contributed by atoms with Crippen molar-refractivity contribution in [1.82, 2.24) is 20.3 Å². The Hall–Kier alpha value is -3.88. The number of methoxy groups -OCH3 is 2. The molecule has 156 valence electrons. The normalized spacial score (nSPS) is 10.4. The van der Waals surface area contributed by atoms with Gasteiger partial charge in [0.15, 0.2) is 23.8 Å². The number of hydrogen-bond donors (Lipinski definition) is 1. The van der Waals surface area contributed by atoms with Crippen molar-refractivity contribution in [3.8, 4) is 17.2 Å². The maximum atomic E-state index is 12.3. The van der Waals surface area contributed by atoms with Crippen LogP contribution < -0.4 is 14.8 Å². The van der Waals surface area contributed by atoms with E-state index in [4.69, 9.17) is 14.2 Å². The molecule has 0 spiro atoms. The molecule has 0 aliphatic carbocycles. The third-order valence-corrected chi connectivity index (χ3v) is 4.23. The molecule has 0 fully saturated rings. The summed E-state index contributed by atoms with van der Waals surface area (Å²) in [5.41, 5.74) is 2.00. The lowest BCUT2D eigenvalue weighted by Crippen LogP contribution is -2.28. The van der Waals surface area contributed by atoms with Crippen LogP contribution in [0.2, 0.25) is 0 Å². The number of carbonyl (C=O) groups is 2. The summed E-state index contributed by atoms with van der Waals surface area (Å²) < 4.78 is 15.5. The first-order chi connectivity index (χ1) is 14.5. The van der Waals surface area contributed by atoms with Gasteiger partial charge in [-0.2, -0.15) is 9.90 Å². The van der Waals surface area contributed by atoms with Crippen molar-refractivity contribution in [1.29, 1.82) is 0 Å². The van der Waals surface area contributed by atoms with E-state index in [0.717, 1.165) is 5.56 Å². The lowest BCUT2D eigenvalue weighted by molar-refractivity contribution is -0.124. The Kier molecular flexibility index (Phi) is 6.63. The molecule has 9 nitrogen and oxygen atoms in total. The fourth-order valence-corrected chi connectivity index (χ4v) is 2.69. The number of carbonyl (C=O) groups excluding carboxylic acids is 2. The van der Waals surface area contributed by atoms with E-state index in [0.29, 0.717) is 22.9 Å². The van der Waals surface area contributed by atoms with Crippen molar-refractivity contribution in [3.63, 3.8) is 0 Å². The molecule has 0 saturated carbocycles. The van der Waals surface area contributed by atoms with Crippen LogP contribution in [-0.4, -0.2) is 47.7 Å². The van der Waals surface area contributed by atoms with Gasteiger partial charge in [0, 0.05) is 6.54 Å². The highest BCUT2D eigenvalue weighted by atomic mass is 16.5. The maximum Gasteiger partial charge on any atom is 0.361 e. The molecule has 3 rings (SSSR count). The highest BCUT2D eigenvalue weighted by Crippen LogP contribution is 2.27. The van der Waals surface area contributed by atoms with Crippen LogP contribution in [0.3, 0.4) is 0 Å². The van der Waals surface area contributed by atoms with Gasteiger partial charge in [-0.1, -0.05) is 24.3 Å². The molecule has 30 heavy (non-hydrogen) atoms. The highest BCUT2D eigenvalue weighted by molar-refractivity contribution is 5.90. The lowest BCUT2D eigenvalue weighted by atomic mass is 10.2. The molecule has 0 radical (unpaired) electrons. The predicted molar refractivity (Wildman–Crippen MR) is 108 cm³/mol. The Morgan fingerprint density at radius 1 is 1.00 bits per heavy atom. The van der Waals surface area contributed by atoms with E-state index in [9.17, 15) is 9.59 Å². The summed E-state index contributed by atoms with van der Waals surface area (Å²) in [7, 11) is 3.09. The number of benzene rings is 2. The predicted octanol–water partition coefficient (Wildman–Crippen LogP) is 2.07. The van der Waals surface area contributed by atoms with E-state index in [1.54, 1.807) is 32.2 Å². The van der Waals surface area contributed by atoms with Gasteiger partial charge >= 0.3 is 5.97 Å². The van der Waals surface area contributed by atoms with Gasteiger partial charge in [-0.3, -0.25) is 4.79 Å². The molecule has 0 aliphatic rings. The van der Waals surface area contributed by atoms with Crippen LogP contribution in [-0.2, 0) is 16.1 Å². The van der Waals surface area contributed by atoms with Crippen molar-refractivity contribution < 1.29 is 23.8 Å². The van der Waals surface area contributed by atoms with Gasteiger partial charge in [-0.15, -0.1) is 5.10 Å². The van der Waals surface area contributed by atoms with Gasteiger partial charge in [0.1, 0.15) is 0 Å². The largest absolute Gasteiger partial charge is 0.493 e. The third-order valence-electron chi connectivity index (χ3n) is 4.23. The smallest absolute Gasteiger partial charge is 0.361 e. The third kappa shape index (κ3) is 4.93. The zero-order valence-electron chi connectivity index (χ0n) is 16.9. The molecule has 1 heterocycles. The highest BCUT2D eigenvalue weighted by Gasteiger charge is 2.19. The van der Waals surface area contributed by atoms with Crippen LogP contribution >= 0.6 is 0 Å². The summed E-state index contributed by atoms with van der Waals surface area (Å²) in [6.07, 6.45) is 0. The Labute approximate surface area is 173 Å². The summed E-state index contributed by atoms with van der Waals surface area (Å²) >= 11 is 0. The number of para-hydroxylation sites is 1. The van der Waals surface area contributed by atoms with Crippen LogP contribution in [0, 0.1) is 6.92 Å². The lowest BCUT2D eigenvalue weighted by Gasteiger charge is -2.10. The Balaban J connectivity index is 1.54. The summed E-state index contributed by atoms with van der Waals surface area (Å²) in [4.78, 5) is 25.7. The number of aryl methyl sites for hydroxylation is 1. The van der Waals surface area contributed by atoms with Crippen molar-refractivity contribution in [2.24, 2.45) is 0 Å². The van der Waals surface area contributed by atoms with E-state index < -0.39 is 18.5 Å². The molecular weight excluding hydrogens is 388 g/mol. The monoisotopic (exact) mass is 410 g/mol. The second-order valence-corrected chi connectivity index (χ2v) is 6.30. The molecule has 3 aromatic rings. The number of nitrogens with one attached hydrogen (secondary N) is 1. The Bertz CT molecular complexity index is 1030. The molecule has 0 unspecified atom stereocenters. The van der Waals surface area contributed by atoms with E-state index in [2.05, 4.69) is 15.5 Å². The topological polar surface area (TPSA) is 105 Å². The number of esters is 1. The minimum atomic E-state index is -0.712. The summed E-state index contributed by atoms with van der Waals surface area (Å²) in [5.74, 6) is 0.00951. The number of hydrogen-bond acceptors (Lipinski definition) is 7. The standard InChI is InChI=1S/C21H22N4O5/c1-14-20(24-25(23-14)16-7-5-4-6-8-16)21(27)30-13-19(26)22-12-15-9-10-17(28-2)18(11-15)29-3/h4-11H,12-13H2,1-3H3,(H,22,26). The molecule has 2 aromatic carbocycles. The van der Waals surface area contributed by atoms with E-state index in [-0.39, 0.29) is 12.2 Å². The van der Waals surface area contributed by atoms with Gasteiger partial charge in [0.2, 0.25) is 0 Å². The quantitative estimate of drug-likeness (QED) is 0.567. The molecule has 1 N–H and O–H groups in total. The van der Waals surface area contributed by atoms with E-state index in [1.165, 1.54) is 11.9 Å². The number of amides is 1. The van der Waals surface area contributed by atoms with Crippen molar-refractivity contribution in [3.05, 3.63) is 65.5 Å². The summed E-state index contributed by atoms with van der Waals surface area (Å²) in [6, 6.07) is 14.5. The number of aromatic nitrogens is 3. The van der Waals surface area contributed by atoms with Crippen LogP contribution in [0.1, 0.15) is 21.7 Å². The first kappa shape index (κ1) is 20.8. The van der Waals surface area contributed by atoms with Crippen molar-refractivity contribution >= 4 is 11.9 Å². The zero-order chi connectivity index (χ0) is 21.5. The van der Waals surface area contributed by atoms with Crippen LogP contribution in [0.4, 0.5) is 0 Å². The SMILES string of the molecule is COc1ccc(CNC(=O)COC(=O)c2nn(-c3ccccc3)nc2C)cc1OC. The van der Waals surface area contributed by atoms with Gasteiger partial charge < -0.3 is 19.5 Å². The number of rotatable bonds is 8. The minimum absolute atomic E-state index is 0.0616. The second kappa shape index (κ2) is 9.55. The van der Waals surface area contributed by atoms with Crippen LogP contribution in [0.15, 0.2) is 48.5 Å². The first-order valence-electron chi connectivity index (χ1n) is 9.16. The average molecular weight is 410 g/mol. The fourth-order valence-electron chi connectivity index (χ4n) is 2.69. The average Bonchev–Trinajstić information content (AvgIpc) is 3.18. The van der Waals surface area contributed by atoms with E-state index >= 15 is 0 Å². The van der Waals surface area contributed by atoms with E-state index in [1.807, 2.05) is 30.3 Å². The van der Waals surface area contributed by atoms with Crippen LogP contribution in [0.5, 0.6) is 11.5 Å². The van der Waals surface area contributed by atoms with Gasteiger partial charge in [0.25, 0.3) is 5.91 Å². The molecule has 0 saturated heterocycles. The molecule has 0 bridgehead atoms. The zero-order valence-corrected chi connectivity index (χ0v) is 16.9. The van der Waals surface area contributed by atoms with Crippen LogP contribution in [0.25, 0.3) is 5.69 Å². The molecular formula is C21H22N4O5. The fraction of sp³-hybridized carbons (Fsp3) is 0.238. The maximum absolute atomic E-state index is 12.3. The molecule has 0 atom stereocenters. The first-order valence-corrected chi connectivity index (χ1v) is 9.16. The second-order valence-electron chi connectivity index (χ2n) is 6.30.